The van der Waals surface area contributed by atoms with Crippen molar-refractivity contribution in [2.24, 2.45) is 35.5 Å². The Bertz CT molecular complexity index is 2260. The Labute approximate surface area is 413 Å². The van der Waals surface area contributed by atoms with E-state index >= 15 is 0 Å². The lowest BCUT2D eigenvalue weighted by Crippen LogP contribution is -2.53. The number of hydrogen-bond acceptors (Lipinski definition) is 13. The van der Waals surface area contributed by atoms with Gasteiger partial charge in [0.25, 0.3) is 11.8 Å². The van der Waals surface area contributed by atoms with Crippen LogP contribution in [0.15, 0.2) is 48.7 Å². The molecule has 0 bridgehead atoms. The van der Waals surface area contributed by atoms with E-state index in [9.17, 15) is 42.0 Å². The number of Topliss-reactive ketones (excluding diaryl/α,β-unsaturated/α-hetero) is 1. The third kappa shape index (κ3) is 14.8. The number of likely N-dealkylation sites (tertiary alicyclic amines) is 1. The van der Waals surface area contributed by atoms with Gasteiger partial charge in [-0.25, -0.2) is 8.42 Å². The Balaban J connectivity index is 1.21. The van der Waals surface area contributed by atoms with Crippen molar-refractivity contribution in [1.29, 1.82) is 0 Å². The molecule has 0 aliphatic carbocycles. The highest BCUT2D eigenvalue weighted by Crippen LogP contribution is 2.33. The first-order chi connectivity index (χ1) is 33.2. The Morgan fingerprint density at radius 3 is 2.23 bits per heavy atom. The quantitative estimate of drug-likeness (QED) is 0.134. The average molecular weight is 995 g/mol. The summed E-state index contributed by atoms with van der Waals surface area (Å²) < 4.78 is 41.6. The molecule has 2 aromatic rings. The second-order valence-corrected chi connectivity index (χ2v) is 21.4. The first-order valence-electron chi connectivity index (χ1n) is 24.7. The fraction of sp³-hybridized carbons (Fsp3) is 0.660. The number of rotatable bonds is 26. The molecule has 5 rings (SSSR count). The van der Waals surface area contributed by atoms with Crippen LogP contribution in [0.3, 0.4) is 0 Å². The predicted octanol–water partition coefficient (Wildman–Crippen LogP) is 3.42. The molecular formula is C50H74N8O11S. The third-order valence-electron chi connectivity index (χ3n) is 14.5. The molecule has 3 aliphatic heterocycles. The molecule has 1 aromatic heterocycles. The maximum absolute atomic E-state index is 14.4. The highest BCUT2D eigenvalue weighted by atomic mass is 32.2. The second kappa shape index (κ2) is 25.7. The SMILES string of the molecule is CC[C@H](C)[C@@H]([C@@H](CC(=O)N1CCC[C@H]1[C@H](C)[C@@H](C)C(=O)C[C@@H](Cc1ccccc1)C(=O)NS(=O)(=O)CCCn1cc(CN2C(=O)C=CC2=O)nn1)OC)N(C)C(=O)[C@@H](CC(=O)N1CCOCC1)C(C)C. The minimum absolute atomic E-state index is 0.00236. The highest BCUT2D eigenvalue weighted by molar-refractivity contribution is 7.90. The van der Waals surface area contributed by atoms with Crippen molar-refractivity contribution >= 4 is 51.2 Å². The number of methoxy groups -OCH3 is 1. The summed E-state index contributed by atoms with van der Waals surface area (Å²) in [5.74, 6) is -5.38. The van der Waals surface area contributed by atoms with Crippen molar-refractivity contribution in [3.05, 3.63) is 59.9 Å². The van der Waals surface area contributed by atoms with Crippen LogP contribution in [-0.4, -0.2) is 155 Å². The summed E-state index contributed by atoms with van der Waals surface area (Å²) in [5, 5.41) is 7.94. The van der Waals surface area contributed by atoms with E-state index in [1.54, 1.807) is 43.0 Å². The maximum Gasteiger partial charge on any atom is 0.253 e. The van der Waals surface area contributed by atoms with Gasteiger partial charge in [-0.2, -0.15) is 0 Å². The van der Waals surface area contributed by atoms with Gasteiger partial charge in [0.1, 0.15) is 11.5 Å². The van der Waals surface area contributed by atoms with Gasteiger partial charge in [-0.1, -0.05) is 83.5 Å². The van der Waals surface area contributed by atoms with Crippen LogP contribution < -0.4 is 4.72 Å². The first kappa shape index (κ1) is 55.6. The molecule has 1 N–H and O–H groups in total. The molecule has 1 aromatic carbocycles. The van der Waals surface area contributed by atoms with Crippen LogP contribution in [0.2, 0.25) is 0 Å². The van der Waals surface area contributed by atoms with Gasteiger partial charge in [-0.3, -0.25) is 47.9 Å². The van der Waals surface area contributed by atoms with Gasteiger partial charge < -0.3 is 24.2 Å². The third-order valence-corrected chi connectivity index (χ3v) is 15.8. The zero-order chi connectivity index (χ0) is 51.3. The van der Waals surface area contributed by atoms with Gasteiger partial charge in [0.05, 0.1) is 50.3 Å². The first-order valence-corrected chi connectivity index (χ1v) is 26.4. The lowest BCUT2D eigenvalue weighted by atomic mass is 9.81. The van der Waals surface area contributed by atoms with E-state index in [1.807, 2.05) is 57.7 Å². The van der Waals surface area contributed by atoms with Crippen LogP contribution >= 0.6 is 0 Å². The lowest BCUT2D eigenvalue weighted by Gasteiger charge is -2.41. The van der Waals surface area contributed by atoms with E-state index in [1.165, 1.54) is 23.0 Å². The molecule has 0 saturated carbocycles. The van der Waals surface area contributed by atoms with Crippen LogP contribution in [0.1, 0.15) is 97.7 Å². The van der Waals surface area contributed by atoms with Crippen LogP contribution in [0.5, 0.6) is 0 Å². The number of sulfonamides is 1. The molecule has 3 aliphatic rings. The molecule has 2 saturated heterocycles. The predicted molar refractivity (Wildman–Crippen MR) is 259 cm³/mol. The topological polar surface area (TPSA) is 228 Å². The van der Waals surface area contributed by atoms with Crippen molar-refractivity contribution in [2.45, 2.75) is 124 Å². The van der Waals surface area contributed by atoms with Crippen molar-refractivity contribution < 1.29 is 51.5 Å². The summed E-state index contributed by atoms with van der Waals surface area (Å²) in [6.45, 7) is 14.1. The summed E-state index contributed by atoms with van der Waals surface area (Å²) in [7, 11) is -0.859. The smallest absolute Gasteiger partial charge is 0.253 e. The molecule has 4 heterocycles. The molecule has 2 fully saturated rings. The number of nitrogens with one attached hydrogen (secondary N) is 1. The molecule has 19 nitrogen and oxygen atoms in total. The number of carbonyl (C=O) groups is 7. The molecular weight excluding hydrogens is 921 g/mol. The molecule has 0 spiro atoms. The number of ketones is 1. The zero-order valence-electron chi connectivity index (χ0n) is 42.2. The summed E-state index contributed by atoms with van der Waals surface area (Å²) in [5.41, 5.74) is 1.11. The molecule has 6 amide bonds. The Kier molecular flexibility index (Phi) is 20.4. The number of amides is 6. The molecule has 8 atom stereocenters. The van der Waals surface area contributed by atoms with Gasteiger partial charge in [-0.05, 0) is 49.0 Å². The fourth-order valence-corrected chi connectivity index (χ4v) is 10.9. The van der Waals surface area contributed by atoms with Gasteiger partial charge in [0.15, 0.2) is 0 Å². The van der Waals surface area contributed by atoms with Crippen LogP contribution in [0.25, 0.3) is 0 Å². The van der Waals surface area contributed by atoms with E-state index in [0.29, 0.717) is 51.4 Å². The van der Waals surface area contributed by atoms with Gasteiger partial charge in [0, 0.05) is 89.1 Å². The monoisotopic (exact) mass is 995 g/mol. The molecule has 386 valence electrons. The zero-order valence-corrected chi connectivity index (χ0v) is 43.0. The Morgan fingerprint density at radius 2 is 1.60 bits per heavy atom. The van der Waals surface area contributed by atoms with Gasteiger partial charge in [-0.15, -0.1) is 5.10 Å². The highest BCUT2D eigenvalue weighted by Gasteiger charge is 2.42. The molecule has 0 unspecified atom stereocenters. The summed E-state index contributed by atoms with van der Waals surface area (Å²) in [4.78, 5) is 100. The van der Waals surface area contributed by atoms with Gasteiger partial charge >= 0.3 is 0 Å². The normalized spacial score (nSPS) is 19.4. The van der Waals surface area contributed by atoms with Crippen molar-refractivity contribution in [2.75, 3.05) is 52.8 Å². The summed E-state index contributed by atoms with van der Waals surface area (Å²) >= 11 is 0. The van der Waals surface area contributed by atoms with Crippen molar-refractivity contribution in [3.8, 4) is 0 Å². The number of likely N-dealkylation sites (N-methyl/N-ethyl adjacent to an activating group) is 1. The minimum Gasteiger partial charge on any atom is -0.379 e. The lowest BCUT2D eigenvalue weighted by molar-refractivity contribution is -0.150. The number of hydrogen-bond donors (Lipinski definition) is 1. The van der Waals surface area contributed by atoms with Crippen molar-refractivity contribution in [1.82, 2.24) is 39.3 Å². The number of aromatic nitrogens is 3. The van der Waals surface area contributed by atoms with E-state index in [0.717, 1.165) is 16.9 Å². The number of carbonyl (C=O) groups excluding carboxylic acids is 7. The van der Waals surface area contributed by atoms with E-state index < -0.39 is 63.4 Å². The van der Waals surface area contributed by atoms with Crippen LogP contribution in [0.4, 0.5) is 0 Å². The molecule has 0 radical (unpaired) electrons. The van der Waals surface area contributed by atoms with Crippen LogP contribution in [0, 0.1) is 35.5 Å². The number of imide groups is 1. The number of benzene rings is 1. The summed E-state index contributed by atoms with van der Waals surface area (Å²) in [6.07, 6.45) is 5.36. The average Bonchev–Trinajstić information content (AvgIpc) is 4.10. The Hall–Kier alpha value is -5.34. The fourth-order valence-electron chi connectivity index (χ4n) is 9.85. The second-order valence-electron chi connectivity index (χ2n) is 19.6. The standard InChI is InChI=1S/C50H74N8O11S/c1-9-34(4)48(54(7)50(65)40(33(2)3)29-46(62)55-22-24-69-25-23-55)43(68-8)30-47(63)57-21-13-17-41(57)35(5)36(6)42(59)28-38(27-37-15-11-10-12-16-37)49(64)52-70(66,67)26-14-20-56-31-39(51-53-56)32-58-44(60)18-19-45(58)61/h10-12,15-16,18-19,31,33-36,38,40-41,43,48H,9,13-14,17,20-30,32H2,1-8H3,(H,52,64)/t34-,35+,36+,38+,40-,41-,43+,48-/m0/s1. The number of ether oxygens (including phenoxy) is 2. The maximum atomic E-state index is 14.4. The number of morpholine rings is 1. The Morgan fingerprint density at radius 1 is 0.929 bits per heavy atom. The van der Waals surface area contributed by atoms with E-state index in [4.69, 9.17) is 9.47 Å². The summed E-state index contributed by atoms with van der Waals surface area (Å²) in [6, 6.07) is 8.32. The number of nitrogens with zero attached hydrogens (tertiary/aromatic N) is 7. The van der Waals surface area contributed by atoms with E-state index in [-0.39, 0.29) is 92.5 Å². The van der Waals surface area contributed by atoms with E-state index in [2.05, 4.69) is 15.0 Å². The van der Waals surface area contributed by atoms with Crippen molar-refractivity contribution in [3.63, 3.8) is 0 Å². The number of aryl methyl sites for hydroxylation is 1. The van der Waals surface area contributed by atoms with Crippen LogP contribution in [-0.2, 0) is 72.6 Å². The minimum atomic E-state index is -4.14. The molecule has 70 heavy (non-hydrogen) atoms. The van der Waals surface area contributed by atoms with Gasteiger partial charge in [0.2, 0.25) is 33.7 Å². The largest absolute Gasteiger partial charge is 0.379 e. The molecule has 20 heteroatoms.